The van der Waals surface area contributed by atoms with E-state index in [0.29, 0.717) is 16.6 Å². The van der Waals surface area contributed by atoms with E-state index in [0.717, 1.165) is 0 Å². The van der Waals surface area contributed by atoms with Crippen molar-refractivity contribution in [3.8, 4) is 5.75 Å². The summed E-state index contributed by atoms with van der Waals surface area (Å²) in [6, 6.07) is 4.13. The van der Waals surface area contributed by atoms with Crippen LogP contribution in [0.2, 0.25) is 10.2 Å². The molecule has 98 valence electrons. The molecule has 0 aliphatic carbocycles. The molecule has 0 spiro atoms. The number of aromatic nitrogens is 2. The maximum absolute atomic E-state index is 10.6. The minimum Gasteiger partial charge on any atom is -0.487 e. The second-order valence-corrected chi connectivity index (χ2v) is 4.28. The van der Waals surface area contributed by atoms with Gasteiger partial charge in [0.05, 0.1) is 23.0 Å². The smallest absolute Gasteiger partial charge is 0.288 e. The molecule has 0 N–H and O–H groups in total. The van der Waals surface area contributed by atoms with E-state index >= 15 is 0 Å². The fraction of sp³-hybridized carbons (Fsp3) is 0.0909. The molecule has 0 saturated carbocycles. The molecule has 6 nitrogen and oxygen atoms in total. The summed E-state index contributed by atoms with van der Waals surface area (Å²) in [4.78, 5) is 17.9. The number of benzene rings is 1. The number of nitro benzene ring substituents is 1. The lowest BCUT2D eigenvalue weighted by Gasteiger charge is -2.05. The van der Waals surface area contributed by atoms with E-state index in [-0.39, 0.29) is 17.3 Å². The largest absolute Gasteiger partial charge is 0.487 e. The summed E-state index contributed by atoms with van der Waals surface area (Å²) in [6.07, 6.45) is 2.89. The van der Waals surface area contributed by atoms with Gasteiger partial charge >= 0.3 is 0 Å². The van der Waals surface area contributed by atoms with Crippen LogP contribution >= 0.6 is 23.2 Å². The van der Waals surface area contributed by atoms with Crippen LogP contribution in [-0.4, -0.2) is 14.9 Å². The first-order valence-electron chi connectivity index (χ1n) is 5.09. The van der Waals surface area contributed by atoms with Crippen LogP contribution in [0.25, 0.3) is 0 Å². The molecule has 0 amide bonds. The van der Waals surface area contributed by atoms with E-state index in [1.54, 1.807) is 0 Å². The highest BCUT2D eigenvalue weighted by atomic mass is 35.5. The molecular formula is C11H7Cl2N3O3. The van der Waals surface area contributed by atoms with E-state index in [9.17, 15) is 10.1 Å². The summed E-state index contributed by atoms with van der Waals surface area (Å²) in [7, 11) is 0. The summed E-state index contributed by atoms with van der Waals surface area (Å²) in [6.45, 7) is 0.165. The summed E-state index contributed by atoms with van der Waals surface area (Å²) >= 11 is 11.4. The first-order valence-corrected chi connectivity index (χ1v) is 5.85. The number of hydrogen-bond donors (Lipinski definition) is 0. The van der Waals surface area contributed by atoms with Gasteiger partial charge in [0.15, 0.2) is 0 Å². The fourth-order valence-corrected chi connectivity index (χ4v) is 1.63. The van der Waals surface area contributed by atoms with Gasteiger partial charge in [0, 0.05) is 12.1 Å². The third-order valence-corrected chi connectivity index (χ3v) is 2.67. The minimum absolute atomic E-state index is 0.0182. The van der Waals surface area contributed by atoms with Gasteiger partial charge in [-0.1, -0.05) is 23.2 Å². The Morgan fingerprint density at radius 3 is 2.63 bits per heavy atom. The molecule has 0 atom stereocenters. The predicted octanol–water partition coefficient (Wildman–Crippen LogP) is 3.27. The van der Waals surface area contributed by atoms with Gasteiger partial charge in [0.25, 0.3) is 5.69 Å². The number of halogens is 2. The van der Waals surface area contributed by atoms with Crippen molar-refractivity contribution in [2.45, 2.75) is 6.61 Å². The van der Waals surface area contributed by atoms with Gasteiger partial charge in [-0.25, -0.2) is 4.98 Å². The molecule has 0 unspecified atom stereocenters. The standard InChI is InChI=1S/C11H7Cl2N3O3/c12-9-3-8(1-2-10(9)16(17)18)19-6-7-4-15-11(13)5-14-7/h1-5H,6H2. The molecule has 0 aliphatic heterocycles. The predicted molar refractivity (Wildman–Crippen MR) is 69.5 cm³/mol. The summed E-state index contributed by atoms with van der Waals surface area (Å²) in [5, 5.41) is 10.9. The Kier molecular flexibility index (Phi) is 4.13. The molecular weight excluding hydrogens is 293 g/mol. The minimum atomic E-state index is -0.559. The quantitative estimate of drug-likeness (QED) is 0.639. The summed E-state index contributed by atoms with van der Waals surface area (Å²) in [5.74, 6) is 0.410. The van der Waals surface area contributed by atoms with Gasteiger partial charge in [-0.05, 0) is 6.07 Å². The zero-order valence-electron chi connectivity index (χ0n) is 9.42. The highest BCUT2D eigenvalue weighted by Crippen LogP contribution is 2.28. The highest BCUT2D eigenvalue weighted by Gasteiger charge is 2.12. The molecule has 0 fully saturated rings. The van der Waals surface area contributed by atoms with Crippen molar-refractivity contribution in [2.75, 3.05) is 0 Å². The van der Waals surface area contributed by atoms with Gasteiger partial charge in [0.2, 0.25) is 0 Å². The SMILES string of the molecule is O=[N+]([O-])c1ccc(OCc2cnc(Cl)cn2)cc1Cl. The molecule has 0 saturated heterocycles. The molecule has 0 bridgehead atoms. The number of nitro groups is 1. The maximum Gasteiger partial charge on any atom is 0.288 e. The van der Waals surface area contributed by atoms with Crippen molar-refractivity contribution < 1.29 is 9.66 Å². The number of ether oxygens (including phenoxy) is 1. The Morgan fingerprint density at radius 1 is 1.26 bits per heavy atom. The Labute approximate surface area is 118 Å². The van der Waals surface area contributed by atoms with Crippen molar-refractivity contribution in [3.63, 3.8) is 0 Å². The Morgan fingerprint density at radius 2 is 2.05 bits per heavy atom. The van der Waals surface area contributed by atoms with Gasteiger partial charge < -0.3 is 4.74 Å². The van der Waals surface area contributed by atoms with Crippen molar-refractivity contribution in [1.82, 2.24) is 9.97 Å². The van der Waals surface area contributed by atoms with E-state index < -0.39 is 4.92 Å². The molecule has 8 heteroatoms. The molecule has 2 aromatic rings. The summed E-state index contributed by atoms with van der Waals surface area (Å²) < 4.78 is 5.39. The molecule has 19 heavy (non-hydrogen) atoms. The number of hydrogen-bond acceptors (Lipinski definition) is 5. The Balaban J connectivity index is 2.06. The first kappa shape index (κ1) is 13.5. The molecule has 1 heterocycles. The second kappa shape index (κ2) is 5.81. The van der Waals surface area contributed by atoms with Crippen LogP contribution in [0.15, 0.2) is 30.6 Å². The third-order valence-electron chi connectivity index (χ3n) is 2.18. The normalized spacial score (nSPS) is 10.2. The van der Waals surface area contributed by atoms with Gasteiger partial charge in [-0.15, -0.1) is 0 Å². The molecule has 1 aromatic carbocycles. The zero-order chi connectivity index (χ0) is 13.8. The van der Waals surface area contributed by atoms with Crippen LogP contribution in [0, 0.1) is 10.1 Å². The van der Waals surface area contributed by atoms with Crippen LogP contribution in [-0.2, 0) is 6.61 Å². The van der Waals surface area contributed by atoms with Crippen molar-refractivity contribution in [3.05, 3.63) is 56.6 Å². The monoisotopic (exact) mass is 299 g/mol. The average Bonchev–Trinajstić information content (AvgIpc) is 2.37. The van der Waals surface area contributed by atoms with Crippen LogP contribution < -0.4 is 4.74 Å². The van der Waals surface area contributed by atoms with E-state index in [4.69, 9.17) is 27.9 Å². The average molecular weight is 300 g/mol. The lowest BCUT2D eigenvalue weighted by molar-refractivity contribution is -0.384. The molecule has 1 aromatic heterocycles. The Hall–Kier alpha value is -1.92. The maximum atomic E-state index is 10.6. The van der Waals surface area contributed by atoms with Crippen LogP contribution in [0.1, 0.15) is 5.69 Å². The topological polar surface area (TPSA) is 78.2 Å². The van der Waals surface area contributed by atoms with Crippen LogP contribution in [0.4, 0.5) is 5.69 Å². The summed E-state index contributed by atoms with van der Waals surface area (Å²) in [5.41, 5.74) is 0.416. The van der Waals surface area contributed by atoms with Crippen molar-refractivity contribution in [2.24, 2.45) is 0 Å². The van der Waals surface area contributed by atoms with Crippen LogP contribution in [0.3, 0.4) is 0 Å². The van der Waals surface area contributed by atoms with Crippen molar-refractivity contribution >= 4 is 28.9 Å². The number of nitrogens with zero attached hydrogens (tertiary/aromatic N) is 3. The zero-order valence-corrected chi connectivity index (χ0v) is 10.9. The highest BCUT2D eigenvalue weighted by molar-refractivity contribution is 6.32. The van der Waals surface area contributed by atoms with E-state index in [1.807, 2.05) is 0 Å². The lowest BCUT2D eigenvalue weighted by atomic mass is 10.3. The molecule has 0 aliphatic rings. The third kappa shape index (κ3) is 3.52. The van der Waals surface area contributed by atoms with Gasteiger partial charge in [-0.3, -0.25) is 15.1 Å². The van der Waals surface area contributed by atoms with E-state index in [2.05, 4.69) is 9.97 Å². The Bertz CT molecular complexity index is 605. The fourth-order valence-electron chi connectivity index (χ4n) is 1.30. The lowest BCUT2D eigenvalue weighted by Crippen LogP contribution is -1.99. The molecule has 0 radical (unpaired) electrons. The molecule has 2 rings (SSSR count). The van der Waals surface area contributed by atoms with Crippen molar-refractivity contribution in [1.29, 1.82) is 0 Å². The second-order valence-electron chi connectivity index (χ2n) is 3.49. The number of rotatable bonds is 4. The van der Waals surface area contributed by atoms with E-state index in [1.165, 1.54) is 30.6 Å². The first-order chi connectivity index (χ1) is 9.06. The van der Waals surface area contributed by atoms with Crippen LogP contribution in [0.5, 0.6) is 5.75 Å². The van der Waals surface area contributed by atoms with Gasteiger partial charge in [0.1, 0.15) is 22.5 Å². The van der Waals surface area contributed by atoms with Gasteiger partial charge in [-0.2, -0.15) is 0 Å².